The van der Waals surface area contributed by atoms with E-state index in [1.807, 2.05) is 6.92 Å². The standard InChI is InChI=1S/C4H11FP/c1-4-6(2,3)5/h4H2,1-3H3/q+1. The highest BCUT2D eigenvalue weighted by Gasteiger charge is 2.19. The normalized spacial score (nSPS) is 12.0. The lowest BCUT2D eigenvalue weighted by atomic mass is 11.0. The van der Waals surface area contributed by atoms with Crippen molar-refractivity contribution in [3.8, 4) is 0 Å². The Kier molecular flexibility index (Phi) is 1.99. The molecule has 0 aliphatic heterocycles. The van der Waals surface area contributed by atoms with Crippen molar-refractivity contribution in [3.63, 3.8) is 0 Å². The summed E-state index contributed by atoms with van der Waals surface area (Å²) in [6.07, 6.45) is 0.715. The Morgan fingerprint density at radius 3 is 1.67 bits per heavy atom. The van der Waals surface area contributed by atoms with Crippen molar-refractivity contribution in [1.82, 2.24) is 0 Å². The molecule has 0 aliphatic rings. The van der Waals surface area contributed by atoms with Crippen LogP contribution in [0.1, 0.15) is 6.92 Å². The zero-order chi connectivity index (χ0) is 5.21. The maximum Gasteiger partial charge on any atom is 0.196 e. The monoisotopic (exact) mass is 109 g/mol. The van der Waals surface area contributed by atoms with Gasteiger partial charge in [0.2, 0.25) is 0 Å². The van der Waals surface area contributed by atoms with E-state index in [1.54, 1.807) is 13.3 Å². The van der Waals surface area contributed by atoms with Crippen LogP contribution in [0.5, 0.6) is 0 Å². The molecule has 0 saturated carbocycles. The van der Waals surface area contributed by atoms with Gasteiger partial charge in [-0.05, 0) is 6.92 Å². The van der Waals surface area contributed by atoms with Crippen molar-refractivity contribution in [1.29, 1.82) is 0 Å². The SMILES string of the molecule is CC[P+](C)(C)F. The van der Waals surface area contributed by atoms with Gasteiger partial charge in [-0.2, -0.15) is 0 Å². The summed E-state index contributed by atoms with van der Waals surface area (Å²) >= 11 is 0. The van der Waals surface area contributed by atoms with Crippen LogP contribution in [0.3, 0.4) is 0 Å². The van der Waals surface area contributed by atoms with Crippen LogP contribution >= 0.6 is 7.57 Å². The third-order valence-electron chi connectivity index (χ3n) is 0.752. The quantitative estimate of drug-likeness (QED) is 0.452. The summed E-state index contributed by atoms with van der Waals surface area (Å²) in [5, 5.41) is 0. The lowest BCUT2D eigenvalue weighted by molar-refractivity contribution is 0.871. The van der Waals surface area contributed by atoms with E-state index in [4.69, 9.17) is 0 Å². The summed E-state index contributed by atoms with van der Waals surface area (Å²) in [4.78, 5) is 0. The van der Waals surface area contributed by atoms with E-state index in [1.165, 1.54) is 0 Å². The lowest BCUT2D eigenvalue weighted by Gasteiger charge is -1.96. The minimum atomic E-state index is -1.90. The van der Waals surface area contributed by atoms with Crippen molar-refractivity contribution in [2.45, 2.75) is 6.92 Å². The molecule has 0 rings (SSSR count). The van der Waals surface area contributed by atoms with Crippen LogP contribution in [0.25, 0.3) is 0 Å². The van der Waals surface area contributed by atoms with Crippen molar-refractivity contribution >= 4 is 7.57 Å². The first-order valence-electron chi connectivity index (χ1n) is 2.09. The van der Waals surface area contributed by atoms with Gasteiger partial charge in [0.05, 0.1) is 19.5 Å². The molecular formula is C4H11FP+. The molecule has 0 heterocycles. The second-order valence-corrected chi connectivity index (χ2v) is 5.56. The fourth-order valence-electron chi connectivity index (χ4n) is 0. The summed E-state index contributed by atoms with van der Waals surface area (Å²) in [7, 11) is -1.90. The molecule has 0 bridgehead atoms. The second kappa shape index (κ2) is 1.88. The van der Waals surface area contributed by atoms with Crippen LogP contribution in [0.15, 0.2) is 0 Å². The summed E-state index contributed by atoms with van der Waals surface area (Å²) in [5.74, 6) is 0. The molecule has 0 saturated heterocycles. The third kappa shape index (κ3) is 4.36. The Balaban J connectivity index is 3.17. The van der Waals surface area contributed by atoms with Gasteiger partial charge in [0.15, 0.2) is 7.57 Å². The van der Waals surface area contributed by atoms with E-state index < -0.39 is 7.57 Å². The largest absolute Gasteiger partial charge is 0.196 e. The molecule has 0 spiro atoms. The van der Waals surface area contributed by atoms with Crippen LogP contribution in [0.2, 0.25) is 0 Å². The molecule has 2 heteroatoms. The molecule has 0 fully saturated rings. The molecule has 0 aliphatic carbocycles. The topological polar surface area (TPSA) is 0 Å². The Labute approximate surface area is 39.2 Å². The Bertz CT molecular complexity index is 37.3. The molecule has 38 valence electrons. The first-order valence-corrected chi connectivity index (χ1v) is 4.85. The van der Waals surface area contributed by atoms with Gasteiger partial charge >= 0.3 is 0 Å². The fraction of sp³-hybridized carbons (Fsp3) is 1.00. The molecule has 0 unspecified atom stereocenters. The van der Waals surface area contributed by atoms with Gasteiger partial charge in [0.25, 0.3) is 0 Å². The van der Waals surface area contributed by atoms with E-state index in [-0.39, 0.29) is 0 Å². The van der Waals surface area contributed by atoms with E-state index in [9.17, 15) is 4.20 Å². The van der Waals surface area contributed by atoms with Gasteiger partial charge in [-0.25, -0.2) is 0 Å². The van der Waals surface area contributed by atoms with E-state index >= 15 is 0 Å². The average molecular weight is 109 g/mol. The summed E-state index contributed by atoms with van der Waals surface area (Å²) in [6.45, 7) is 5.26. The number of halogens is 1. The minimum absolute atomic E-state index is 0.715. The number of hydrogen-bond donors (Lipinski definition) is 0. The van der Waals surface area contributed by atoms with Crippen LogP contribution in [-0.2, 0) is 0 Å². The molecule has 0 aromatic rings. The van der Waals surface area contributed by atoms with E-state index in [0.717, 1.165) is 0 Å². The predicted molar refractivity (Wildman–Crippen MR) is 30.4 cm³/mol. The maximum absolute atomic E-state index is 12.2. The summed E-state index contributed by atoms with van der Waals surface area (Å²) in [6, 6.07) is 0. The summed E-state index contributed by atoms with van der Waals surface area (Å²) < 4.78 is 12.2. The minimum Gasteiger partial charge on any atom is -0.0661 e. The van der Waals surface area contributed by atoms with Gasteiger partial charge in [-0.1, -0.05) is 4.20 Å². The predicted octanol–water partition coefficient (Wildman–Crippen LogP) is 2.17. The molecule has 0 nitrogen and oxygen atoms in total. The zero-order valence-electron chi connectivity index (χ0n) is 4.53. The van der Waals surface area contributed by atoms with Gasteiger partial charge in [0.1, 0.15) is 0 Å². The van der Waals surface area contributed by atoms with Gasteiger partial charge in [-0.3, -0.25) is 0 Å². The van der Waals surface area contributed by atoms with Crippen molar-refractivity contribution in [2.75, 3.05) is 19.5 Å². The summed E-state index contributed by atoms with van der Waals surface area (Å²) in [5.41, 5.74) is 0. The highest BCUT2D eigenvalue weighted by atomic mass is 31.2. The first-order chi connectivity index (χ1) is 2.56. The van der Waals surface area contributed by atoms with Crippen molar-refractivity contribution in [2.24, 2.45) is 0 Å². The third-order valence-corrected chi connectivity index (χ3v) is 2.26. The molecule has 0 radical (unpaired) electrons. The second-order valence-electron chi connectivity index (χ2n) is 1.85. The van der Waals surface area contributed by atoms with Crippen LogP contribution in [0.4, 0.5) is 4.20 Å². The highest BCUT2D eigenvalue weighted by Crippen LogP contribution is 2.51. The number of hydrogen-bond acceptors (Lipinski definition) is 0. The molecule has 0 amide bonds. The molecule has 6 heavy (non-hydrogen) atoms. The number of rotatable bonds is 1. The van der Waals surface area contributed by atoms with Gasteiger partial charge in [0, 0.05) is 0 Å². The van der Waals surface area contributed by atoms with Crippen LogP contribution in [0, 0.1) is 0 Å². The zero-order valence-corrected chi connectivity index (χ0v) is 5.43. The van der Waals surface area contributed by atoms with Gasteiger partial charge in [-0.15, -0.1) is 0 Å². The highest BCUT2D eigenvalue weighted by molar-refractivity contribution is 7.69. The molecule has 0 aromatic carbocycles. The molecule has 0 atom stereocenters. The molecule has 0 aromatic heterocycles. The Morgan fingerprint density at radius 2 is 1.67 bits per heavy atom. The van der Waals surface area contributed by atoms with Gasteiger partial charge < -0.3 is 0 Å². The van der Waals surface area contributed by atoms with E-state index in [0.29, 0.717) is 6.16 Å². The smallest absolute Gasteiger partial charge is 0.0661 e. The lowest BCUT2D eigenvalue weighted by Crippen LogP contribution is -1.79. The van der Waals surface area contributed by atoms with Crippen molar-refractivity contribution in [3.05, 3.63) is 0 Å². The van der Waals surface area contributed by atoms with E-state index in [2.05, 4.69) is 0 Å². The maximum atomic E-state index is 12.2. The average Bonchev–Trinajstić information content (AvgIpc) is 1.35. The Morgan fingerprint density at radius 1 is 1.50 bits per heavy atom. The fourth-order valence-corrected chi connectivity index (χ4v) is 0. The molecular weight excluding hydrogens is 98.0 g/mol. The van der Waals surface area contributed by atoms with Crippen molar-refractivity contribution < 1.29 is 4.20 Å². The van der Waals surface area contributed by atoms with Crippen LogP contribution < -0.4 is 0 Å². The van der Waals surface area contributed by atoms with Crippen LogP contribution in [-0.4, -0.2) is 19.5 Å². The molecule has 0 N–H and O–H groups in total. The first kappa shape index (κ1) is 6.36. The Hall–Kier alpha value is 0.360.